The first-order valence-corrected chi connectivity index (χ1v) is 27.8. The average Bonchev–Trinajstić information content (AvgIpc) is 3.96. The molecule has 2 saturated heterocycles. The number of ether oxygens (including phenoxy) is 3. The fourth-order valence-corrected chi connectivity index (χ4v) is 12.2. The number of hydrogen-bond acceptors (Lipinski definition) is 11. The van der Waals surface area contributed by atoms with Gasteiger partial charge in [-0.25, -0.2) is 16.8 Å². The maximum atomic E-state index is 13.6. The summed E-state index contributed by atoms with van der Waals surface area (Å²) in [5.41, 5.74) is -4.78. The molecule has 2 heterocycles. The molecule has 0 aliphatic carbocycles. The van der Waals surface area contributed by atoms with Gasteiger partial charge in [0.15, 0.2) is 0 Å². The van der Waals surface area contributed by atoms with E-state index >= 15 is 0 Å². The maximum Gasteiger partial charge on any atom is 0.419 e. The molecule has 2 aliphatic heterocycles. The molecule has 408 valence electrons. The van der Waals surface area contributed by atoms with Gasteiger partial charge in [0.2, 0.25) is 0 Å². The highest BCUT2D eigenvalue weighted by Crippen LogP contribution is 2.43. The quantitative estimate of drug-likeness (QED) is 0.0730. The van der Waals surface area contributed by atoms with Gasteiger partial charge < -0.3 is 24.8 Å². The standard InChI is InChI=1S/C25H21ClF6N2O3S2.C25H24ClF3N2O4S2/c1-23(10-11-33-14-23)37-21-12-16(4-8-19(21)25(30,31)32)34-39(35,36)18-7-9-22(20(26)13-18)38-17-5-2-15(3-6-17)24(27,28)29;1-24(10-11-30-15-24)35-22-12-16(6-8-20(22)25(27,28)29)31-37(32,33)19-7-9-23(21(26)14-19)36-18-5-3-4-17(13-18)34-2/h2-9,12-13,33-34H,10-11,14H2,1H3;3-9,12-14,30-31H,10-11,15H2,1-2H3/t23-;24-/m11/s1. The van der Waals surface area contributed by atoms with Crippen LogP contribution in [0.4, 0.5) is 50.9 Å². The molecule has 2 atom stereocenters. The summed E-state index contributed by atoms with van der Waals surface area (Å²) < 4.78 is 193. The SMILES string of the molecule is COc1cccc(Sc2ccc(S(=O)(=O)Nc3ccc(C(F)(F)F)c(O[C@]4(C)CCNC4)c3)cc2Cl)c1.C[C@@]1(Oc2cc(NS(=O)(=O)c3ccc(Sc4ccc(C(F)(F)F)cc4)c(Cl)c3)ccc2C(F)(F)F)CCNC1. The molecule has 0 unspecified atom stereocenters. The van der Waals surface area contributed by atoms with Crippen molar-refractivity contribution < 1.29 is 70.6 Å². The molecule has 0 saturated carbocycles. The van der Waals surface area contributed by atoms with Gasteiger partial charge in [-0.05, 0) is 130 Å². The minimum absolute atomic E-state index is 0.0147. The molecule has 76 heavy (non-hydrogen) atoms. The molecule has 2 aliphatic rings. The highest BCUT2D eigenvalue weighted by molar-refractivity contribution is 7.99. The van der Waals surface area contributed by atoms with Crippen LogP contribution >= 0.6 is 46.7 Å². The molecule has 4 N–H and O–H groups in total. The highest BCUT2D eigenvalue weighted by Gasteiger charge is 2.40. The molecule has 2 fully saturated rings. The summed E-state index contributed by atoms with van der Waals surface area (Å²) in [6.45, 7) is 5.25. The van der Waals surface area contributed by atoms with E-state index in [2.05, 4.69) is 20.1 Å². The summed E-state index contributed by atoms with van der Waals surface area (Å²) in [7, 11) is -6.87. The van der Waals surface area contributed by atoms with Crippen LogP contribution in [-0.2, 0) is 38.6 Å². The van der Waals surface area contributed by atoms with E-state index in [0.29, 0.717) is 59.5 Å². The van der Waals surface area contributed by atoms with Gasteiger partial charge in [0, 0.05) is 57.6 Å². The van der Waals surface area contributed by atoms with Gasteiger partial charge in [-0.1, -0.05) is 52.8 Å². The second kappa shape index (κ2) is 23.0. The Hall–Kier alpha value is -5.21. The zero-order valence-corrected chi connectivity index (χ0v) is 44.7. The van der Waals surface area contributed by atoms with Crippen LogP contribution in [0.3, 0.4) is 0 Å². The average molecular weight is 1180 g/mol. The highest BCUT2D eigenvalue weighted by atomic mass is 35.5. The van der Waals surface area contributed by atoms with Crippen LogP contribution in [0.25, 0.3) is 0 Å². The minimum atomic E-state index is -4.72. The van der Waals surface area contributed by atoms with Crippen molar-refractivity contribution in [1.29, 1.82) is 0 Å². The number of rotatable bonds is 15. The third-order valence-corrected chi connectivity index (χ3v) is 17.3. The van der Waals surface area contributed by atoms with Gasteiger partial charge in [-0.15, -0.1) is 0 Å². The van der Waals surface area contributed by atoms with Gasteiger partial charge >= 0.3 is 18.5 Å². The summed E-state index contributed by atoms with van der Waals surface area (Å²) in [5.74, 6) is -0.278. The lowest BCUT2D eigenvalue weighted by molar-refractivity contribution is -0.140. The first kappa shape index (κ1) is 58.5. The molecule has 6 aromatic carbocycles. The third-order valence-electron chi connectivity index (χ3n) is 11.6. The predicted molar refractivity (Wildman–Crippen MR) is 273 cm³/mol. The number of sulfonamides is 2. The van der Waals surface area contributed by atoms with Gasteiger partial charge in [-0.3, -0.25) is 9.44 Å². The van der Waals surface area contributed by atoms with E-state index in [1.54, 1.807) is 33.1 Å². The van der Waals surface area contributed by atoms with Crippen molar-refractivity contribution in [3.8, 4) is 17.2 Å². The second-order valence-electron chi connectivity index (χ2n) is 17.7. The summed E-state index contributed by atoms with van der Waals surface area (Å²) in [4.78, 5) is 1.90. The summed E-state index contributed by atoms with van der Waals surface area (Å²) in [6.07, 6.45) is -12.9. The third kappa shape index (κ3) is 15.1. The van der Waals surface area contributed by atoms with Crippen molar-refractivity contribution in [2.45, 2.75) is 85.8 Å². The van der Waals surface area contributed by atoms with E-state index in [1.807, 2.05) is 18.2 Å². The molecule has 0 bridgehead atoms. The van der Waals surface area contributed by atoms with Crippen molar-refractivity contribution in [2.75, 3.05) is 42.7 Å². The molecule has 26 heteroatoms. The van der Waals surface area contributed by atoms with E-state index in [9.17, 15) is 56.3 Å². The van der Waals surface area contributed by atoms with Crippen LogP contribution in [0.1, 0.15) is 43.4 Å². The van der Waals surface area contributed by atoms with E-state index in [4.69, 9.17) is 37.4 Å². The smallest absolute Gasteiger partial charge is 0.419 e. The van der Waals surface area contributed by atoms with Crippen molar-refractivity contribution in [3.05, 3.63) is 148 Å². The summed E-state index contributed by atoms with van der Waals surface area (Å²) >= 11 is 15.0. The number of benzene rings is 6. The van der Waals surface area contributed by atoms with Gasteiger partial charge in [0.05, 0.1) is 55.0 Å². The van der Waals surface area contributed by atoms with Crippen molar-refractivity contribution >= 4 is 78.1 Å². The molecule has 6 aromatic rings. The lowest BCUT2D eigenvalue weighted by Gasteiger charge is -2.27. The molecule has 0 spiro atoms. The molecule has 0 amide bonds. The first-order chi connectivity index (χ1) is 35.4. The second-order valence-corrected chi connectivity index (χ2v) is 24.1. The molecular weight excluding hydrogens is 1140 g/mol. The Balaban J connectivity index is 0.000000221. The molecule has 0 aromatic heterocycles. The van der Waals surface area contributed by atoms with Crippen LogP contribution in [0.2, 0.25) is 10.0 Å². The Morgan fingerprint density at radius 3 is 1.38 bits per heavy atom. The van der Waals surface area contributed by atoms with E-state index in [1.165, 1.54) is 48.2 Å². The lowest BCUT2D eigenvalue weighted by Crippen LogP contribution is -2.35. The Morgan fingerprint density at radius 2 is 1.00 bits per heavy atom. The number of anilines is 2. The number of alkyl halides is 9. The number of methoxy groups -OCH3 is 1. The minimum Gasteiger partial charge on any atom is -0.497 e. The fourth-order valence-electron chi connectivity index (χ4n) is 7.62. The molecule has 11 nitrogen and oxygen atoms in total. The van der Waals surface area contributed by atoms with Crippen LogP contribution in [-0.4, -0.2) is 61.3 Å². The van der Waals surface area contributed by atoms with Crippen LogP contribution in [0.15, 0.2) is 151 Å². The van der Waals surface area contributed by atoms with Gasteiger partial charge in [-0.2, -0.15) is 39.5 Å². The number of nitrogens with one attached hydrogen (secondary N) is 4. The Morgan fingerprint density at radius 1 is 0.553 bits per heavy atom. The first-order valence-electron chi connectivity index (χ1n) is 22.5. The molecule has 8 rings (SSSR count). The zero-order chi connectivity index (χ0) is 55.5. The van der Waals surface area contributed by atoms with Crippen LogP contribution in [0.5, 0.6) is 17.2 Å². The number of hydrogen-bond donors (Lipinski definition) is 4. The van der Waals surface area contributed by atoms with Crippen molar-refractivity contribution in [2.24, 2.45) is 0 Å². The Labute approximate surface area is 450 Å². The Bertz CT molecular complexity index is 3290. The van der Waals surface area contributed by atoms with E-state index in [0.717, 1.165) is 71.3 Å². The van der Waals surface area contributed by atoms with Gasteiger partial charge in [0.25, 0.3) is 20.0 Å². The largest absolute Gasteiger partial charge is 0.497 e. The topological polar surface area (TPSA) is 144 Å². The van der Waals surface area contributed by atoms with Crippen LogP contribution < -0.4 is 34.3 Å². The van der Waals surface area contributed by atoms with Gasteiger partial charge in [0.1, 0.15) is 28.5 Å². The fraction of sp³-hybridized carbons (Fsp3) is 0.280. The maximum absolute atomic E-state index is 13.6. The number of halogens is 11. The summed E-state index contributed by atoms with van der Waals surface area (Å²) in [5, 5.41) is 6.30. The molecular formula is C50H45Cl2F9N4O7S4. The summed E-state index contributed by atoms with van der Waals surface area (Å²) in [6, 6.07) is 25.3. The molecule has 0 radical (unpaired) electrons. The van der Waals surface area contributed by atoms with E-state index in [-0.39, 0.29) is 31.2 Å². The Kier molecular flexibility index (Phi) is 17.7. The van der Waals surface area contributed by atoms with E-state index < -0.39 is 78.0 Å². The van der Waals surface area contributed by atoms with Crippen molar-refractivity contribution in [3.63, 3.8) is 0 Å². The van der Waals surface area contributed by atoms with Crippen LogP contribution in [0, 0.1) is 0 Å². The lowest BCUT2D eigenvalue weighted by atomic mass is 10.1. The van der Waals surface area contributed by atoms with Crippen molar-refractivity contribution in [1.82, 2.24) is 10.6 Å². The normalized spacial score (nSPS) is 18.1. The zero-order valence-electron chi connectivity index (χ0n) is 39.9. The predicted octanol–water partition coefficient (Wildman–Crippen LogP) is 13.9. The monoisotopic (exact) mass is 1180 g/mol.